The molecule has 0 fully saturated rings. The lowest BCUT2D eigenvalue weighted by molar-refractivity contribution is 0.249. The van der Waals surface area contributed by atoms with Gasteiger partial charge in [0.25, 0.3) is 0 Å². The second-order valence-corrected chi connectivity index (χ2v) is 3.19. The molecular formula is C9H10ClN3O3. The third kappa shape index (κ3) is 3.03. The highest BCUT2D eigenvalue weighted by atomic mass is 35.5. The van der Waals surface area contributed by atoms with E-state index >= 15 is 0 Å². The summed E-state index contributed by atoms with van der Waals surface area (Å²) >= 11 is 5.82. The molecule has 0 saturated carbocycles. The number of nitrogens with one attached hydrogen (secondary N) is 1. The summed E-state index contributed by atoms with van der Waals surface area (Å²) in [4.78, 5) is 10.4. The summed E-state index contributed by atoms with van der Waals surface area (Å²) in [5, 5.41) is 13.2. The van der Waals surface area contributed by atoms with Gasteiger partial charge in [0, 0.05) is 11.6 Å². The first-order valence-corrected chi connectivity index (χ1v) is 4.57. The number of carbonyl (C=O) groups excluding carboxylic acids is 1. The average molecular weight is 244 g/mol. The van der Waals surface area contributed by atoms with E-state index < -0.39 is 6.03 Å². The Labute approximate surface area is 96.7 Å². The van der Waals surface area contributed by atoms with Gasteiger partial charge in [0.2, 0.25) is 0 Å². The Morgan fingerprint density at radius 2 is 2.38 bits per heavy atom. The number of benzene rings is 1. The van der Waals surface area contributed by atoms with Crippen LogP contribution in [0.2, 0.25) is 5.02 Å². The van der Waals surface area contributed by atoms with Crippen molar-refractivity contribution in [2.24, 2.45) is 10.8 Å². The Kier molecular flexibility index (Phi) is 3.96. The molecule has 0 spiro atoms. The van der Waals surface area contributed by atoms with Crippen molar-refractivity contribution in [3.05, 3.63) is 22.7 Å². The van der Waals surface area contributed by atoms with Gasteiger partial charge >= 0.3 is 6.03 Å². The number of nitrogens with zero attached hydrogens (tertiary/aromatic N) is 1. The second kappa shape index (κ2) is 5.22. The van der Waals surface area contributed by atoms with Crippen LogP contribution in [0.15, 0.2) is 17.2 Å². The first kappa shape index (κ1) is 12.1. The van der Waals surface area contributed by atoms with Gasteiger partial charge in [-0.2, -0.15) is 5.10 Å². The predicted molar refractivity (Wildman–Crippen MR) is 60.0 cm³/mol. The molecule has 4 N–H and O–H groups in total. The number of ether oxygens (including phenoxy) is 1. The topological polar surface area (TPSA) is 96.9 Å². The average Bonchev–Trinajstić information content (AvgIpc) is 2.20. The fourth-order valence-corrected chi connectivity index (χ4v) is 1.19. The molecule has 0 aromatic heterocycles. The van der Waals surface area contributed by atoms with E-state index in [0.29, 0.717) is 5.56 Å². The lowest BCUT2D eigenvalue weighted by atomic mass is 10.2. The number of aromatic hydroxyl groups is 1. The summed E-state index contributed by atoms with van der Waals surface area (Å²) in [7, 11) is 1.41. The van der Waals surface area contributed by atoms with Crippen LogP contribution in [0.25, 0.3) is 0 Å². The van der Waals surface area contributed by atoms with E-state index in [1.807, 2.05) is 5.43 Å². The summed E-state index contributed by atoms with van der Waals surface area (Å²) in [5.41, 5.74) is 7.31. The molecule has 2 amide bonds. The molecule has 0 bridgehead atoms. The number of hydrogen-bond acceptors (Lipinski definition) is 4. The minimum Gasteiger partial charge on any atom is -0.504 e. The number of carbonyl (C=O) groups is 1. The van der Waals surface area contributed by atoms with Gasteiger partial charge in [0.05, 0.1) is 18.3 Å². The van der Waals surface area contributed by atoms with Crippen LogP contribution in [0.4, 0.5) is 4.79 Å². The van der Waals surface area contributed by atoms with Crippen LogP contribution < -0.4 is 15.9 Å². The number of hydrogen-bond donors (Lipinski definition) is 3. The molecule has 0 atom stereocenters. The zero-order valence-corrected chi connectivity index (χ0v) is 9.15. The van der Waals surface area contributed by atoms with Crippen LogP contribution in [-0.4, -0.2) is 24.5 Å². The van der Waals surface area contributed by atoms with Crippen LogP contribution in [0, 0.1) is 0 Å². The van der Waals surface area contributed by atoms with Crippen LogP contribution >= 0.6 is 11.6 Å². The maximum atomic E-state index is 10.4. The molecule has 0 saturated heterocycles. The fraction of sp³-hybridized carbons (Fsp3) is 0.111. The van der Waals surface area contributed by atoms with Crippen LogP contribution in [-0.2, 0) is 0 Å². The van der Waals surface area contributed by atoms with Crippen molar-refractivity contribution in [3.63, 3.8) is 0 Å². The van der Waals surface area contributed by atoms with Crippen molar-refractivity contribution < 1.29 is 14.6 Å². The predicted octanol–water partition coefficient (Wildman–Crippen LogP) is 1.06. The number of primary amides is 1. The standard InChI is InChI=1S/C9H10ClN3O3/c1-16-8-2-5(4-12-13-9(11)15)6(10)3-7(8)14/h2-4,14H,1H3,(H3,11,13,15). The SMILES string of the molecule is COc1cc(C=NNC(N)=O)c(Cl)cc1O. The first-order chi connectivity index (χ1) is 7.54. The molecule has 0 aliphatic carbocycles. The minimum atomic E-state index is -0.780. The van der Waals surface area contributed by atoms with Crippen LogP contribution in [0.5, 0.6) is 11.5 Å². The molecule has 1 aromatic carbocycles. The molecule has 0 aliphatic rings. The van der Waals surface area contributed by atoms with Crippen molar-refractivity contribution in [1.29, 1.82) is 0 Å². The smallest absolute Gasteiger partial charge is 0.332 e. The molecule has 0 aliphatic heterocycles. The van der Waals surface area contributed by atoms with Crippen LogP contribution in [0.3, 0.4) is 0 Å². The number of phenols is 1. The summed E-state index contributed by atoms with van der Waals surface area (Å²) in [6.07, 6.45) is 1.29. The maximum Gasteiger partial charge on any atom is 0.332 e. The number of halogens is 1. The fourth-order valence-electron chi connectivity index (χ4n) is 0.986. The van der Waals surface area contributed by atoms with Gasteiger partial charge in [-0.05, 0) is 6.07 Å². The highest BCUT2D eigenvalue weighted by Gasteiger charge is 2.06. The Balaban J connectivity index is 2.95. The van der Waals surface area contributed by atoms with E-state index in [-0.39, 0.29) is 16.5 Å². The highest BCUT2D eigenvalue weighted by Crippen LogP contribution is 2.31. The van der Waals surface area contributed by atoms with Gasteiger partial charge in [0.15, 0.2) is 11.5 Å². The lowest BCUT2D eigenvalue weighted by Crippen LogP contribution is -2.24. The number of rotatable bonds is 3. The normalized spacial score (nSPS) is 10.4. The van der Waals surface area contributed by atoms with Gasteiger partial charge in [0.1, 0.15) is 0 Å². The Morgan fingerprint density at radius 1 is 1.69 bits per heavy atom. The van der Waals surface area contributed by atoms with E-state index in [2.05, 4.69) is 5.10 Å². The third-order valence-electron chi connectivity index (χ3n) is 1.68. The number of amides is 2. The largest absolute Gasteiger partial charge is 0.504 e. The third-order valence-corrected chi connectivity index (χ3v) is 2.00. The number of methoxy groups -OCH3 is 1. The first-order valence-electron chi connectivity index (χ1n) is 4.19. The van der Waals surface area contributed by atoms with Gasteiger partial charge in [-0.15, -0.1) is 0 Å². The van der Waals surface area contributed by atoms with Crippen LogP contribution in [0.1, 0.15) is 5.56 Å². The molecule has 1 rings (SSSR count). The zero-order valence-electron chi connectivity index (χ0n) is 8.40. The molecule has 7 heteroatoms. The molecule has 86 valence electrons. The number of phenolic OH excluding ortho intramolecular Hbond substituents is 1. The molecule has 16 heavy (non-hydrogen) atoms. The summed E-state index contributed by atoms with van der Waals surface area (Å²) in [6.45, 7) is 0. The molecule has 0 heterocycles. The second-order valence-electron chi connectivity index (χ2n) is 2.78. The van der Waals surface area contributed by atoms with E-state index in [1.54, 1.807) is 0 Å². The zero-order chi connectivity index (χ0) is 12.1. The van der Waals surface area contributed by atoms with Crippen molar-refractivity contribution in [1.82, 2.24) is 5.43 Å². The maximum absolute atomic E-state index is 10.4. The monoisotopic (exact) mass is 243 g/mol. The van der Waals surface area contributed by atoms with Crippen molar-refractivity contribution in [2.75, 3.05) is 7.11 Å². The Bertz CT molecular complexity index is 434. The van der Waals surface area contributed by atoms with E-state index in [9.17, 15) is 9.90 Å². The molecule has 6 nitrogen and oxygen atoms in total. The van der Waals surface area contributed by atoms with E-state index in [4.69, 9.17) is 22.1 Å². The number of hydrazone groups is 1. The Morgan fingerprint density at radius 3 is 2.94 bits per heavy atom. The van der Waals surface area contributed by atoms with E-state index in [1.165, 1.54) is 25.5 Å². The van der Waals surface area contributed by atoms with Gasteiger partial charge < -0.3 is 15.6 Å². The quantitative estimate of drug-likeness (QED) is 0.547. The highest BCUT2D eigenvalue weighted by molar-refractivity contribution is 6.33. The van der Waals surface area contributed by atoms with Crippen molar-refractivity contribution in [3.8, 4) is 11.5 Å². The number of nitrogens with two attached hydrogens (primary N) is 1. The van der Waals surface area contributed by atoms with Crippen molar-refractivity contribution >= 4 is 23.8 Å². The van der Waals surface area contributed by atoms with Gasteiger partial charge in [-0.25, -0.2) is 10.2 Å². The molecule has 1 aromatic rings. The van der Waals surface area contributed by atoms with E-state index in [0.717, 1.165) is 0 Å². The molecule has 0 radical (unpaired) electrons. The van der Waals surface area contributed by atoms with Gasteiger partial charge in [-0.3, -0.25) is 0 Å². The Hall–Kier alpha value is -1.95. The molecular weight excluding hydrogens is 234 g/mol. The summed E-state index contributed by atoms with van der Waals surface area (Å²) in [5.74, 6) is 0.178. The summed E-state index contributed by atoms with van der Waals surface area (Å²) < 4.78 is 4.89. The number of urea groups is 1. The van der Waals surface area contributed by atoms with Gasteiger partial charge in [-0.1, -0.05) is 11.6 Å². The minimum absolute atomic E-state index is 0.0764. The summed E-state index contributed by atoms with van der Waals surface area (Å²) in [6, 6.07) is 2.01. The van der Waals surface area contributed by atoms with Crippen molar-refractivity contribution in [2.45, 2.75) is 0 Å². The molecule has 0 unspecified atom stereocenters. The lowest BCUT2D eigenvalue weighted by Gasteiger charge is -2.05.